The molecule has 6 nitrogen and oxygen atoms in total. The first-order valence-electron chi connectivity index (χ1n) is 9.29. The van der Waals surface area contributed by atoms with Crippen LogP contribution in [-0.2, 0) is 16.6 Å². The smallest absolute Gasteiger partial charge is 0.261 e. The third-order valence-corrected chi connectivity index (χ3v) is 5.92. The van der Waals surface area contributed by atoms with Crippen LogP contribution in [0.4, 0.5) is 10.2 Å². The second kappa shape index (κ2) is 7.11. The molecule has 0 amide bonds. The van der Waals surface area contributed by atoms with Crippen molar-refractivity contribution >= 4 is 37.8 Å². The summed E-state index contributed by atoms with van der Waals surface area (Å²) in [6, 6.07) is 12.5. The highest BCUT2D eigenvalue weighted by molar-refractivity contribution is 7.92. The molecule has 0 radical (unpaired) electrons. The minimum absolute atomic E-state index is 0.0326. The van der Waals surface area contributed by atoms with Gasteiger partial charge in [0.25, 0.3) is 10.0 Å². The fraction of sp³-hybridized carbons (Fsp3) is 0.238. The Balaban J connectivity index is 1.86. The number of sulfonamides is 1. The summed E-state index contributed by atoms with van der Waals surface area (Å²) >= 11 is 0. The van der Waals surface area contributed by atoms with E-state index in [4.69, 9.17) is 4.98 Å². The summed E-state index contributed by atoms with van der Waals surface area (Å²) in [5.74, 6) is 0.0104. The van der Waals surface area contributed by atoms with E-state index in [1.54, 1.807) is 4.68 Å². The average molecular weight is 412 g/mol. The summed E-state index contributed by atoms with van der Waals surface area (Å²) in [5.41, 5.74) is 2.54. The summed E-state index contributed by atoms with van der Waals surface area (Å²) in [6.07, 6.45) is 0. The molecule has 0 aliphatic carbocycles. The van der Waals surface area contributed by atoms with E-state index in [2.05, 4.69) is 23.7 Å². The summed E-state index contributed by atoms with van der Waals surface area (Å²) in [6.45, 7) is 6.71. The second-order valence-electron chi connectivity index (χ2n) is 7.54. The first kappa shape index (κ1) is 19.3. The highest BCUT2D eigenvalue weighted by atomic mass is 32.2. The molecule has 4 aromatic rings. The highest BCUT2D eigenvalue weighted by Crippen LogP contribution is 2.28. The van der Waals surface area contributed by atoms with Crippen LogP contribution in [0, 0.1) is 18.7 Å². The normalized spacial score (nSPS) is 12.2. The predicted molar refractivity (Wildman–Crippen MR) is 112 cm³/mol. The van der Waals surface area contributed by atoms with Gasteiger partial charge in [-0.3, -0.25) is 4.72 Å². The van der Waals surface area contributed by atoms with Gasteiger partial charge in [0, 0.05) is 11.9 Å². The number of aromatic nitrogens is 3. The largest absolute Gasteiger partial charge is 0.263 e. The number of nitrogens with zero attached hydrogens (tertiary/aromatic N) is 3. The molecule has 0 saturated heterocycles. The molecule has 0 atom stereocenters. The van der Waals surface area contributed by atoms with Crippen LogP contribution < -0.4 is 4.72 Å². The third-order valence-electron chi connectivity index (χ3n) is 4.57. The van der Waals surface area contributed by atoms with E-state index in [-0.39, 0.29) is 10.7 Å². The van der Waals surface area contributed by atoms with Gasteiger partial charge in [0.2, 0.25) is 0 Å². The van der Waals surface area contributed by atoms with E-state index in [0.29, 0.717) is 23.5 Å². The van der Waals surface area contributed by atoms with E-state index in [1.165, 1.54) is 12.1 Å². The summed E-state index contributed by atoms with van der Waals surface area (Å²) in [5, 5.41) is 6.01. The van der Waals surface area contributed by atoms with Gasteiger partial charge >= 0.3 is 0 Å². The van der Waals surface area contributed by atoms with Gasteiger partial charge in [-0.05, 0) is 54.8 Å². The third kappa shape index (κ3) is 3.80. The van der Waals surface area contributed by atoms with Gasteiger partial charge in [-0.2, -0.15) is 5.10 Å². The van der Waals surface area contributed by atoms with Crippen molar-refractivity contribution < 1.29 is 12.8 Å². The molecule has 0 unspecified atom stereocenters. The molecule has 8 heteroatoms. The molecule has 0 fully saturated rings. The van der Waals surface area contributed by atoms with E-state index in [0.717, 1.165) is 28.6 Å². The Morgan fingerprint density at radius 2 is 1.83 bits per heavy atom. The summed E-state index contributed by atoms with van der Waals surface area (Å²) in [7, 11) is -3.92. The second-order valence-corrected chi connectivity index (χ2v) is 9.22. The van der Waals surface area contributed by atoms with Crippen molar-refractivity contribution in [1.82, 2.24) is 14.8 Å². The number of anilines is 1. The van der Waals surface area contributed by atoms with Crippen LogP contribution >= 0.6 is 0 Å². The van der Waals surface area contributed by atoms with Gasteiger partial charge in [0.15, 0.2) is 11.5 Å². The van der Waals surface area contributed by atoms with Crippen LogP contribution in [0.2, 0.25) is 0 Å². The molecule has 0 aliphatic heterocycles. The number of fused-ring (bicyclic) bond motifs is 2. The lowest BCUT2D eigenvalue weighted by molar-refractivity contribution is 0.494. The van der Waals surface area contributed by atoms with Crippen molar-refractivity contribution in [3.05, 3.63) is 59.9 Å². The molecule has 0 bridgehead atoms. The van der Waals surface area contributed by atoms with Crippen LogP contribution in [0.15, 0.2) is 53.4 Å². The number of hydrogen-bond donors (Lipinski definition) is 1. The minimum atomic E-state index is -3.92. The van der Waals surface area contributed by atoms with Crippen molar-refractivity contribution in [2.24, 2.45) is 5.92 Å². The van der Waals surface area contributed by atoms with Crippen LogP contribution in [0.3, 0.4) is 0 Å². The fourth-order valence-electron chi connectivity index (χ4n) is 3.21. The number of nitrogens with one attached hydrogen (secondary N) is 1. The Bertz CT molecular complexity index is 1310. The molecule has 29 heavy (non-hydrogen) atoms. The number of pyridine rings is 1. The van der Waals surface area contributed by atoms with Crippen LogP contribution in [0.5, 0.6) is 0 Å². The van der Waals surface area contributed by atoms with Crippen LogP contribution in [0.25, 0.3) is 21.9 Å². The maximum atomic E-state index is 13.2. The lowest BCUT2D eigenvalue weighted by Crippen LogP contribution is -2.14. The Morgan fingerprint density at radius 3 is 2.52 bits per heavy atom. The van der Waals surface area contributed by atoms with Crippen molar-refractivity contribution in [3.63, 3.8) is 0 Å². The number of rotatable bonds is 5. The molecular formula is C21H21FN4O2S. The number of benzene rings is 2. The molecule has 0 spiro atoms. The molecule has 0 aliphatic rings. The number of halogens is 1. The molecule has 0 saturated carbocycles. The topological polar surface area (TPSA) is 76.9 Å². The maximum absolute atomic E-state index is 13.2. The van der Waals surface area contributed by atoms with Gasteiger partial charge in [-0.15, -0.1) is 0 Å². The standard InChI is InChI=1S/C21H21FN4O2S/c1-13(2)12-26-21-18(11-15-5-4-14(3)10-19(15)23-21)20(24-26)25-29(27,28)17-8-6-16(22)7-9-17/h4-11,13H,12H2,1-3H3,(H,24,25). The molecule has 150 valence electrons. The van der Waals surface area contributed by atoms with Crippen LogP contribution in [-0.4, -0.2) is 23.2 Å². The van der Waals surface area contributed by atoms with Gasteiger partial charge < -0.3 is 0 Å². The number of hydrogen-bond acceptors (Lipinski definition) is 4. The minimum Gasteiger partial charge on any atom is -0.261 e. The molecule has 2 aromatic heterocycles. The summed E-state index contributed by atoms with van der Waals surface area (Å²) < 4.78 is 43.0. The van der Waals surface area contributed by atoms with Crippen LogP contribution in [0.1, 0.15) is 19.4 Å². The zero-order chi connectivity index (χ0) is 20.8. The van der Waals surface area contributed by atoms with Gasteiger partial charge in [0.1, 0.15) is 5.82 Å². The molecule has 1 N–H and O–H groups in total. The van der Waals surface area contributed by atoms with E-state index >= 15 is 0 Å². The monoisotopic (exact) mass is 412 g/mol. The lowest BCUT2D eigenvalue weighted by atomic mass is 10.1. The average Bonchev–Trinajstić information content (AvgIpc) is 2.95. The van der Waals surface area contributed by atoms with Gasteiger partial charge in [0.05, 0.1) is 15.8 Å². The predicted octanol–water partition coefficient (Wildman–Crippen LogP) is 4.49. The van der Waals surface area contributed by atoms with Crippen molar-refractivity contribution in [2.75, 3.05) is 4.72 Å². The highest BCUT2D eigenvalue weighted by Gasteiger charge is 2.21. The van der Waals surface area contributed by atoms with E-state index in [1.807, 2.05) is 31.2 Å². The van der Waals surface area contributed by atoms with Gasteiger partial charge in [-0.25, -0.2) is 22.5 Å². The first-order valence-corrected chi connectivity index (χ1v) is 10.8. The lowest BCUT2D eigenvalue weighted by Gasteiger charge is -2.06. The van der Waals surface area contributed by atoms with E-state index in [9.17, 15) is 12.8 Å². The maximum Gasteiger partial charge on any atom is 0.263 e. The Morgan fingerprint density at radius 1 is 1.10 bits per heavy atom. The zero-order valence-corrected chi connectivity index (χ0v) is 17.2. The Labute approximate surface area is 168 Å². The Hall–Kier alpha value is -3.00. The number of aryl methyl sites for hydroxylation is 1. The molecule has 2 aromatic carbocycles. The van der Waals surface area contributed by atoms with Crippen molar-refractivity contribution in [2.45, 2.75) is 32.2 Å². The fourth-order valence-corrected chi connectivity index (χ4v) is 4.23. The first-order chi connectivity index (χ1) is 13.7. The summed E-state index contributed by atoms with van der Waals surface area (Å²) in [4.78, 5) is 4.71. The quantitative estimate of drug-likeness (QED) is 0.524. The zero-order valence-electron chi connectivity index (χ0n) is 16.3. The SMILES string of the molecule is Cc1ccc2cc3c(NS(=O)(=O)c4ccc(F)cc4)nn(CC(C)C)c3nc2c1. The Kier molecular flexibility index (Phi) is 4.74. The molecular weight excluding hydrogens is 391 g/mol. The van der Waals surface area contributed by atoms with E-state index < -0.39 is 15.8 Å². The molecule has 2 heterocycles. The van der Waals surface area contributed by atoms with Crippen molar-refractivity contribution in [3.8, 4) is 0 Å². The molecule has 4 rings (SSSR count). The van der Waals surface area contributed by atoms with Crippen molar-refractivity contribution in [1.29, 1.82) is 0 Å². The van der Waals surface area contributed by atoms with Gasteiger partial charge in [-0.1, -0.05) is 26.0 Å².